The second kappa shape index (κ2) is 6.37. The molecule has 1 atom stereocenters. The van der Waals surface area contributed by atoms with E-state index in [0.29, 0.717) is 12.8 Å². The van der Waals surface area contributed by atoms with E-state index in [-0.39, 0.29) is 29.8 Å². The summed E-state index contributed by atoms with van der Waals surface area (Å²) in [6.45, 7) is 8.07. The predicted octanol–water partition coefficient (Wildman–Crippen LogP) is 2.86. The molecule has 2 aliphatic rings. The van der Waals surface area contributed by atoms with Crippen molar-refractivity contribution in [2.75, 3.05) is 0 Å². The van der Waals surface area contributed by atoms with E-state index in [0.717, 1.165) is 12.8 Å². The van der Waals surface area contributed by atoms with Crippen LogP contribution in [0.15, 0.2) is 0 Å². The molecule has 2 amide bonds. The first-order valence-electron chi connectivity index (χ1n) is 8.62. The number of nitrogens with one attached hydrogen (secondary N) is 1. The molecule has 2 rings (SSSR count). The second-order valence-electron chi connectivity index (χ2n) is 6.93. The number of rotatable bonds is 4. The third kappa shape index (κ3) is 2.69. The van der Waals surface area contributed by atoms with Crippen molar-refractivity contribution in [1.29, 1.82) is 0 Å². The molecule has 120 valence electrons. The third-order valence-corrected chi connectivity index (χ3v) is 5.45. The molecule has 0 bridgehead atoms. The standard InChI is InChI=1S/C17H30N2O2/c1-5-17(6-2)16(21)18-14(12(3)4)15(20)19(17)13-10-8-7-9-11-13/h12-14H,5-11H2,1-4H3,(H,18,21). The van der Waals surface area contributed by atoms with Crippen LogP contribution in [0, 0.1) is 5.92 Å². The van der Waals surface area contributed by atoms with Crippen molar-refractivity contribution in [3.8, 4) is 0 Å². The van der Waals surface area contributed by atoms with Gasteiger partial charge in [0.25, 0.3) is 0 Å². The Morgan fingerprint density at radius 2 is 1.71 bits per heavy atom. The first-order valence-corrected chi connectivity index (χ1v) is 8.62. The lowest BCUT2D eigenvalue weighted by molar-refractivity contribution is -0.164. The van der Waals surface area contributed by atoms with Gasteiger partial charge in [-0.15, -0.1) is 0 Å². The molecule has 0 aromatic heterocycles. The van der Waals surface area contributed by atoms with Gasteiger partial charge in [-0.2, -0.15) is 0 Å². The average Bonchev–Trinajstić information content (AvgIpc) is 2.49. The van der Waals surface area contributed by atoms with Crippen LogP contribution in [-0.2, 0) is 9.59 Å². The highest BCUT2D eigenvalue weighted by Crippen LogP contribution is 2.36. The van der Waals surface area contributed by atoms with Gasteiger partial charge >= 0.3 is 0 Å². The van der Waals surface area contributed by atoms with Gasteiger partial charge in [0.15, 0.2) is 0 Å². The summed E-state index contributed by atoms with van der Waals surface area (Å²) < 4.78 is 0. The molecule has 0 aromatic carbocycles. The maximum atomic E-state index is 13.1. The molecule has 4 heteroatoms. The molecular weight excluding hydrogens is 264 g/mol. The van der Waals surface area contributed by atoms with E-state index in [4.69, 9.17) is 0 Å². The van der Waals surface area contributed by atoms with Gasteiger partial charge < -0.3 is 10.2 Å². The van der Waals surface area contributed by atoms with Gasteiger partial charge in [-0.05, 0) is 31.6 Å². The number of carbonyl (C=O) groups is 2. The van der Waals surface area contributed by atoms with Crippen molar-refractivity contribution in [1.82, 2.24) is 10.2 Å². The minimum absolute atomic E-state index is 0.0522. The Labute approximate surface area is 128 Å². The maximum Gasteiger partial charge on any atom is 0.246 e. The van der Waals surface area contributed by atoms with Crippen molar-refractivity contribution < 1.29 is 9.59 Å². The summed E-state index contributed by atoms with van der Waals surface area (Å²) in [4.78, 5) is 27.8. The molecule has 1 N–H and O–H groups in total. The van der Waals surface area contributed by atoms with E-state index < -0.39 is 5.54 Å². The van der Waals surface area contributed by atoms with Crippen molar-refractivity contribution in [3.63, 3.8) is 0 Å². The fourth-order valence-corrected chi connectivity index (χ4v) is 4.04. The molecule has 0 aromatic rings. The summed E-state index contributed by atoms with van der Waals surface area (Å²) in [7, 11) is 0. The molecular formula is C17H30N2O2. The summed E-state index contributed by atoms with van der Waals surface area (Å²) in [6.07, 6.45) is 7.09. The summed E-state index contributed by atoms with van der Waals surface area (Å²) in [6, 6.07) is -0.107. The van der Waals surface area contributed by atoms with E-state index in [9.17, 15) is 9.59 Å². The highest BCUT2D eigenvalue weighted by atomic mass is 16.2. The number of piperazine rings is 1. The zero-order valence-corrected chi connectivity index (χ0v) is 13.9. The first-order chi connectivity index (χ1) is 9.97. The van der Waals surface area contributed by atoms with Crippen LogP contribution in [0.3, 0.4) is 0 Å². The Morgan fingerprint density at radius 3 is 2.19 bits per heavy atom. The molecule has 4 nitrogen and oxygen atoms in total. The lowest BCUT2D eigenvalue weighted by Crippen LogP contribution is -2.73. The summed E-state index contributed by atoms with van der Waals surface area (Å²) in [5.74, 6) is 0.329. The second-order valence-corrected chi connectivity index (χ2v) is 6.93. The van der Waals surface area contributed by atoms with Gasteiger partial charge in [0, 0.05) is 6.04 Å². The molecule has 1 saturated heterocycles. The maximum absolute atomic E-state index is 13.1. The minimum atomic E-state index is -0.634. The topological polar surface area (TPSA) is 49.4 Å². The normalized spacial score (nSPS) is 27.1. The Hall–Kier alpha value is -1.06. The zero-order valence-electron chi connectivity index (χ0n) is 13.9. The zero-order chi connectivity index (χ0) is 15.6. The predicted molar refractivity (Wildman–Crippen MR) is 83.8 cm³/mol. The van der Waals surface area contributed by atoms with Crippen LogP contribution in [0.25, 0.3) is 0 Å². The van der Waals surface area contributed by atoms with Crippen LogP contribution in [0.2, 0.25) is 0 Å². The number of nitrogens with zero attached hydrogens (tertiary/aromatic N) is 1. The number of hydrogen-bond donors (Lipinski definition) is 1. The van der Waals surface area contributed by atoms with Crippen LogP contribution < -0.4 is 5.32 Å². The lowest BCUT2D eigenvalue weighted by Gasteiger charge is -2.52. The van der Waals surface area contributed by atoms with Crippen LogP contribution in [0.1, 0.15) is 72.6 Å². The fourth-order valence-electron chi connectivity index (χ4n) is 4.04. The summed E-state index contributed by atoms with van der Waals surface area (Å²) in [5.41, 5.74) is -0.634. The molecule has 1 aliphatic carbocycles. The fraction of sp³-hybridized carbons (Fsp3) is 0.882. The van der Waals surface area contributed by atoms with Crippen molar-refractivity contribution in [2.45, 2.75) is 90.3 Å². The minimum Gasteiger partial charge on any atom is -0.342 e. The molecule has 1 unspecified atom stereocenters. The van der Waals surface area contributed by atoms with Gasteiger partial charge in [0.05, 0.1) is 0 Å². The summed E-state index contributed by atoms with van der Waals surface area (Å²) >= 11 is 0. The van der Waals surface area contributed by atoms with Crippen LogP contribution in [-0.4, -0.2) is 34.3 Å². The van der Waals surface area contributed by atoms with E-state index in [1.165, 1.54) is 19.3 Å². The molecule has 21 heavy (non-hydrogen) atoms. The van der Waals surface area contributed by atoms with Crippen LogP contribution >= 0.6 is 0 Å². The van der Waals surface area contributed by atoms with Gasteiger partial charge in [-0.3, -0.25) is 9.59 Å². The average molecular weight is 294 g/mol. The monoisotopic (exact) mass is 294 g/mol. The Morgan fingerprint density at radius 1 is 1.14 bits per heavy atom. The van der Waals surface area contributed by atoms with Gasteiger partial charge in [0.1, 0.15) is 11.6 Å². The van der Waals surface area contributed by atoms with Gasteiger partial charge in [-0.1, -0.05) is 47.0 Å². The van der Waals surface area contributed by atoms with Crippen LogP contribution in [0.5, 0.6) is 0 Å². The lowest BCUT2D eigenvalue weighted by atomic mass is 9.80. The number of carbonyl (C=O) groups excluding carboxylic acids is 2. The van der Waals surface area contributed by atoms with E-state index in [2.05, 4.69) is 5.32 Å². The van der Waals surface area contributed by atoms with Gasteiger partial charge in [0.2, 0.25) is 11.8 Å². The van der Waals surface area contributed by atoms with E-state index >= 15 is 0 Å². The molecule has 1 aliphatic heterocycles. The highest BCUT2D eigenvalue weighted by Gasteiger charge is 2.53. The Kier molecular flexibility index (Phi) is 4.95. The van der Waals surface area contributed by atoms with Crippen molar-refractivity contribution in [3.05, 3.63) is 0 Å². The van der Waals surface area contributed by atoms with Gasteiger partial charge in [-0.25, -0.2) is 0 Å². The first kappa shape index (κ1) is 16.3. The molecule has 0 radical (unpaired) electrons. The summed E-state index contributed by atoms with van der Waals surface area (Å²) in [5, 5.41) is 3.00. The Balaban J connectivity index is 2.39. The molecule has 1 saturated carbocycles. The quantitative estimate of drug-likeness (QED) is 0.866. The van der Waals surface area contributed by atoms with E-state index in [1.807, 2.05) is 32.6 Å². The number of hydrogen-bond acceptors (Lipinski definition) is 2. The molecule has 2 fully saturated rings. The van der Waals surface area contributed by atoms with Crippen molar-refractivity contribution in [2.24, 2.45) is 5.92 Å². The Bertz CT molecular complexity index is 396. The molecule has 0 spiro atoms. The number of amides is 2. The third-order valence-electron chi connectivity index (χ3n) is 5.45. The van der Waals surface area contributed by atoms with Crippen molar-refractivity contribution >= 4 is 11.8 Å². The SMILES string of the molecule is CCC1(CC)C(=O)NC(C(C)C)C(=O)N1C1CCCCC1. The van der Waals surface area contributed by atoms with E-state index in [1.54, 1.807) is 0 Å². The largest absolute Gasteiger partial charge is 0.342 e. The van der Waals surface area contributed by atoms with Crippen LogP contribution in [0.4, 0.5) is 0 Å². The smallest absolute Gasteiger partial charge is 0.246 e. The molecule has 1 heterocycles. The highest BCUT2D eigenvalue weighted by molar-refractivity contribution is 6.00.